The van der Waals surface area contributed by atoms with E-state index in [0.29, 0.717) is 41.3 Å². The molecule has 1 aromatic heterocycles. The number of ether oxygens (including phenoxy) is 1. The average molecular weight is 462 g/mol. The van der Waals surface area contributed by atoms with Crippen LogP contribution >= 0.6 is 22.6 Å². The number of aromatic amines is 1. The molecule has 3 rings (SSSR count). The Kier molecular flexibility index (Phi) is 5.18. The van der Waals surface area contributed by atoms with Crippen molar-refractivity contribution in [1.29, 1.82) is 0 Å². The highest BCUT2D eigenvalue weighted by Crippen LogP contribution is 2.20. The Morgan fingerprint density at radius 2 is 1.92 bits per heavy atom. The van der Waals surface area contributed by atoms with Gasteiger partial charge in [0, 0.05) is 18.8 Å². The monoisotopic (exact) mass is 462 g/mol. The summed E-state index contributed by atoms with van der Waals surface area (Å²) in [4.78, 5) is 12.3. The standard InChI is InChI=1S/C14H15IN4O4S/c15-12-9-16-18-13(12)14(20)17-10-1-3-11(4-2-10)24(21,22)19-5-7-23-8-6-19/h1-4,9H,5-8H2,(H,16,18)(H,17,20). The zero-order valence-electron chi connectivity index (χ0n) is 12.5. The summed E-state index contributed by atoms with van der Waals surface area (Å²) in [6.07, 6.45) is 1.55. The maximum absolute atomic E-state index is 12.5. The normalized spacial score (nSPS) is 16.0. The third-order valence-electron chi connectivity index (χ3n) is 3.54. The van der Waals surface area contributed by atoms with Crippen molar-refractivity contribution in [3.05, 3.63) is 39.7 Å². The van der Waals surface area contributed by atoms with Gasteiger partial charge in [0.15, 0.2) is 0 Å². The maximum atomic E-state index is 12.5. The van der Waals surface area contributed by atoms with Crippen LogP contribution in [0.4, 0.5) is 5.69 Å². The lowest BCUT2D eigenvalue weighted by molar-refractivity contribution is 0.0730. The Bertz CT molecular complexity index is 829. The number of rotatable bonds is 4. The van der Waals surface area contributed by atoms with Gasteiger partial charge in [0.1, 0.15) is 5.69 Å². The molecule has 2 heterocycles. The van der Waals surface area contributed by atoms with Gasteiger partial charge in [-0.1, -0.05) is 0 Å². The molecule has 1 amide bonds. The number of aromatic nitrogens is 2. The molecule has 1 saturated heterocycles. The first-order valence-electron chi connectivity index (χ1n) is 7.16. The molecule has 0 bridgehead atoms. The van der Waals surface area contributed by atoms with Gasteiger partial charge in [-0.05, 0) is 46.9 Å². The fourth-order valence-electron chi connectivity index (χ4n) is 2.27. The van der Waals surface area contributed by atoms with Crippen LogP contribution in [0.1, 0.15) is 10.5 Å². The van der Waals surface area contributed by atoms with Crippen LogP contribution in [0.25, 0.3) is 0 Å². The molecule has 0 aliphatic carbocycles. The van der Waals surface area contributed by atoms with Gasteiger partial charge < -0.3 is 10.1 Å². The minimum Gasteiger partial charge on any atom is -0.379 e. The summed E-state index contributed by atoms with van der Waals surface area (Å²) in [5, 5.41) is 9.11. The number of nitrogens with one attached hydrogen (secondary N) is 2. The summed E-state index contributed by atoms with van der Waals surface area (Å²) in [7, 11) is -3.53. The van der Waals surface area contributed by atoms with Crippen molar-refractivity contribution in [1.82, 2.24) is 14.5 Å². The van der Waals surface area contributed by atoms with Gasteiger partial charge in [-0.25, -0.2) is 8.42 Å². The molecule has 10 heteroatoms. The first kappa shape index (κ1) is 17.3. The molecule has 0 saturated carbocycles. The Morgan fingerprint density at radius 3 is 2.50 bits per heavy atom. The quantitative estimate of drug-likeness (QED) is 0.667. The molecule has 0 unspecified atom stereocenters. The molecular weight excluding hydrogens is 447 g/mol. The second-order valence-electron chi connectivity index (χ2n) is 5.09. The second kappa shape index (κ2) is 7.17. The molecule has 2 N–H and O–H groups in total. The van der Waals surface area contributed by atoms with Crippen LogP contribution in [0.15, 0.2) is 35.4 Å². The number of morpholine rings is 1. The Hall–Kier alpha value is -1.50. The number of halogens is 1. The predicted octanol–water partition coefficient (Wildman–Crippen LogP) is 1.29. The molecule has 1 fully saturated rings. The van der Waals surface area contributed by atoms with Crippen LogP contribution < -0.4 is 5.32 Å². The Balaban J connectivity index is 1.73. The lowest BCUT2D eigenvalue weighted by Gasteiger charge is -2.26. The van der Waals surface area contributed by atoms with E-state index < -0.39 is 10.0 Å². The highest BCUT2D eigenvalue weighted by Gasteiger charge is 2.26. The maximum Gasteiger partial charge on any atom is 0.274 e. The first-order valence-corrected chi connectivity index (χ1v) is 9.68. The van der Waals surface area contributed by atoms with Crippen LogP contribution in [0.5, 0.6) is 0 Å². The van der Waals surface area contributed by atoms with Crippen molar-refractivity contribution in [3.63, 3.8) is 0 Å². The summed E-state index contributed by atoms with van der Waals surface area (Å²) in [6.45, 7) is 1.49. The highest BCUT2D eigenvalue weighted by atomic mass is 127. The molecule has 1 aromatic carbocycles. The number of H-pyrrole nitrogens is 1. The number of sulfonamides is 1. The minimum atomic E-state index is -3.53. The fraction of sp³-hybridized carbons (Fsp3) is 0.286. The number of hydrogen-bond acceptors (Lipinski definition) is 5. The lowest BCUT2D eigenvalue weighted by atomic mass is 10.3. The molecule has 0 atom stereocenters. The van der Waals surface area contributed by atoms with E-state index in [-0.39, 0.29) is 10.8 Å². The number of hydrogen-bond donors (Lipinski definition) is 2. The fourth-order valence-corrected chi connectivity index (χ4v) is 4.18. The summed E-state index contributed by atoms with van der Waals surface area (Å²) in [6, 6.07) is 6.10. The van der Waals surface area contributed by atoms with Crippen LogP contribution in [-0.2, 0) is 14.8 Å². The largest absolute Gasteiger partial charge is 0.379 e. The molecule has 0 radical (unpaired) electrons. The van der Waals surface area contributed by atoms with Crippen LogP contribution in [0.3, 0.4) is 0 Å². The third-order valence-corrected chi connectivity index (χ3v) is 6.27. The van der Waals surface area contributed by atoms with E-state index >= 15 is 0 Å². The minimum absolute atomic E-state index is 0.193. The number of carbonyl (C=O) groups excluding carboxylic acids is 1. The molecule has 0 spiro atoms. The topological polar surface area (TPSA) is 104 Å². The van der Waals surface area contributed by atoms with Crippen LogP contribution in [0, 0.1) is 3.57 Å². The van der Waals surface area contributed by atoms with Crippen LogP contribution in [0.2, 0.25) is 0 Å². The Morgan fingerprint density at radius 1 is 1.25 bits per heavy atom. The molecule has 128 valence electrons. The lowest BCUT2D eigenvalue weighted by Crippen LogP contribution is -2.40. The summed E-state index contributed by atoms with van der Waals surface area (Å²) >= 11 is 2.00. The van der Waals surface area contributed by atoms with E-state index in [9.17, 15) is 13.2 Å². The smallest absolute Gasteiger partial charge is 0.274 e. The SMILES string of the molecule is O=C(Nc1ccc(S(=O)(=O)N2CCOCC2)cc1)c1[nH]ncc1I. The van der Waals surface area contributed by atoms with Crippen molar-refractivity contribution < 1.29 is 17.9 Å². The zero-order valence-corrected chi connectivity index (χ0v) is 15.5. The Labute approximate surface area is 152 Å². The highest BCUT2D eigenvalue weighted by molar-refractivity contribution is 14.1. The van der Waals surface area contributed by atoms with Gasteiger partial charge >= 0.3 is 0 Å². The molecule has 1 aliphatic heterocycles. The molecule has 8 nitrogen and oxygen atoms in total. The average Bonchev–Trinajstić information content (AvgIpc) is 3.02. The molecule has 24 heavy (non-hydrogen) atoms. The number of benzene rings is 1. The number of carbonyl (C=O) groups is 1. The van der Waals surface area contributed by atoms with Crippen molar-refractivity contribution >= 4 is 44.2 Å². The number of anilines is 1. The van der Waals surface area contributed by atoms with Gasteiger partial charge in [0.2, 0.25) is 10.0 Å². The summed E-state index contributed by atoms with van der Waals surface area (Å²) in [5.74, 6) is -0.333. The van der Waals surface area contributed by atoms with Crippen molar-refractivity contribution in [2.75, 3.05) is 31.6 Å². The summed E-state index contributed by atoms with van der Waals surface area (Å²) in [5.41, 5.74) is 0.868. The van der Waals surface area contributed by atoms with Crippen molar-refractivity contribution in [2.45, 2.75) is 4.90 Å². The third kappa shape index (κ3) is 3.61. The van der Waals surface area contributed by atoms with Gasteiger partial charge in [0.25, 0.3) is 5.91 Å². The molecular formula is C14H15IN4O4S. The first-order chi connectivity index (χ1) is 11.5. The molecule has 2 aromatic rings. The predicted molar refractivity (Wildman–Crippen MR) is 95.3 cm³/mol. The van der Waals surface area contributed by atoms with Crippen molar-refractivity contribution in [3.8, 4) is 0 Å². The van der Waals surface area contributed by atoms with E-state index in [1.165, 1.54) is 16.4 Å². The summed E-state index contributed by atoms with van der Waals surface area (Å²) < 4.78 is 32.3. The molecule has 1 aliphatic rings. The van der Waals surface area contributed by atoms with Gasteiger partial charge in [-0.3, -0.25) is 9.89 Å². The van der Waals surface area contributed by atoms with E-state index in [2.05, 4.69) is 15.5 Å². The van der Waals surface area contributed by atoms with Gasteiger partial charge in [-0.2, -0.15) is 9.40 Å². The number of nitrogens with zero attached hydrogens (tertiary/aromatic N) is 2. The van der Waals surface area contributed by atoms with Gasteiger partial charge in [-0.15, -0.1) is 0 Å². The van der Waals surface area contributed by atoms with Crippen molar-refractivity contribution in [2.24, 2.45) is 0 Å². The van der Waals surface area contributed by atoms with E-state index in [1.807, 2.05) is 22.6 Å². The number of amides is 1. The van der Waals surface area contributed by atoms with E-state index in [1.54, 1.807) is 18.3 Å². The van der Waals surface area contributed by atoms with Gasteiger partial charge in [0.05, 0.1) is 27.9 Å². The zero-order chi connectivity index (χ0) is 17.2. The van der Waals surface area contributed by atoms with Crippen LogP contribution in [-0.4, -0.2) is 55.1 Å². The van der Waals surface area contributed by atoms with E-state index in [4.69, 9.17) is 4.74 Å². The van der Waals surface area contributed by atoms with E-state index in [0.717, 1.165) is 0 Å². The second-order valence-corrected chi connectivity index (χ2v) is 8.19.